The maximum atomic E-state index is 14.5. The van der Waals surface area contributed by atoms with Crippen molar-refractivity contribution in [2.24, 2.45) is 0 Å². The molecule has 0 aliphatic rings. The van der Waals surface area contributed by atoms with Crippen molar-refractivity contribution < 1.29 is 27.1 Å². The van der Waals surface area contributed by atoms with Crippen LogP contribution in [0.25, 0.3) is 22.3 Å². The fraction of sp³-hybridized carbons (Fsp3) is 0.273. The van der Waals surface area contributed by atoms with Gasteiger partial charge in [0, 0.05) is 23.3 Å². The van der Waals surface area contributed by atoms with Gasteiger partial charge in [0.1, 0.15) is 29.0 Å². The molecule has 4 aromatic rings. The van der Waals surface area contributed by atoms with Crippen LogP contribution in [0.2, 0.25) is 0 Å². The largest absolute Gasteiger partial charge is 0.493 e. The molecule has 7 heteroatoms. The van der Waals surface area contributed by atoms with Crippen molar-refractivity contribution in [3.63, 3.8) is 0 Å². The van der Waals surface area contributed by atoms with Gasteiger partial charge in [0.05, 0.1) is 18.9 Å². The van der Waals surface area contributed by atoms with E-state index in [1.54, 1.807) is 66.2 Å². The molecule has 0 unspecified atom stereocenters. The van der Waals surface area contributed by atoms with E-state index in [1.807, 2.05) is 0 Å². The Labute approximate surface area is 232 Å². The summed E-state index contributed by atoms with van der Waals surface area (Å²) >= 11 is 0. The Hall–Kier alpha value is -4.00. The summed E-state index contributed by atoms with van der Waals surface area (Å²) in [7, 11) is 0. The van der Waals surface area contributed by atoms with Crippen molar-refractivity contribution in [3.8, 4) is 33.8 Å². The second-order valence-electron chi connectivity index (χ2n) is 9.63. The maximum absolute atomic E-state index is 14.5. The summed E-state index contributed by atoms with van der Waals surface area (Å²) in [4.78, 5) is 0. The zero-order valence-electron chi connectivity index (χ0n) is 22.3. The van der Waals surface area contributed by atoms with E-state index >= 15 is 0 Å². The summed E-state index contributed by atoms with van der Waals surface area (Å²) in [5.41, 5.74) is 4.02. The molecular formula is C33H33F4NO2. The predicted molar refractivity (Wildman–Crippen MR) is 152 cm³/mol. The zero-order chi connectivity index (χ0) is 28.2. The van der Waals surface area contributed by atoms with Gasteiger partial charge in [-0.25, -0.2) is 18.7 Å². The third kappa shape index (κ3) is 8.50. The molecule has 0 aliphatic carbocycles. The van der Waals surface area contributed by atoms with Crippen LogP contribution in [-0.4, -0.2) is 13.2 Å². The second kappa shape index (κ2) is 15.0. The monoisotopic (exact) mass is 551 g/mol. The molecule has 0 amide bonds. The number of anilines is 1. The Balaban J connectivity index is 1.04. The van der Waals surface area contributed by atoms with Crippen LogP contribution in [0.5, 0.6) is 11.5 Å². The first kappa shape index (κ1) is 29.0. The minimum Gasteiger partial charge on any atom is -0.493 e. The van der Waals surface area contributed by atoms with Crippen molar-refractivity contribution in [3.05, 3.63) is 102 Å². The van der Waals surface area contributed by atoms with Gasteiger partial charge in [0.15, 0.2) is 0 Å². The van der Waals surface area contributed by atoms with E-state index in [0.717, 1.165) is 44.9 Å². The van der Waals surface area contributed by atoms with Crippen molar-refractivity contribution in [1.82, 2.24) is 0 Å². The highest BCUT2D eigenvalue weighted by Gasteiger charge is 2.09. The van der Waals surface area contributed by atoms with Crippen molar-refractivity contribution >= 4 is 5.69 Å². The molecule has 4 rings (SSSR count). The van der Waals surface area contributed by atoms with E-state index in [9.17, 15) is 17.7 Å². The summed E-state index contributed by atoms with van der Waals surface area (Å²) in [6.45, 7) is 1.05. The molecule has 0 heterocycles. The van der Waals surface area contributed by atoms with Crippen LogP contribution in [0.4, 0.5) is 23.3 Å². The molecule has 0 spiro atoms. The third-order valence-corrected chi connectivity index (χ3v) is 6.67. The fourth-order valence-electron chi connectivity index (χ4n) is 4.45. The van der Waals surface area contributed by atoms with Gasteiger partial charge < -0.3 is 9.47 Å². The smallest absolute Gasteiger partial charge is 0.134 e. The Morgan fingerprint density at radius 2 is 0.925 bits per heavy atom. The Morgan fingerprint density at radius 1 is 0.500 bits per heavy atom. The average molecular weight is 552 g/mol. The molecule has 0 radical (unpaired) electrons. The number of hydrogen-bond donors (Lipinski definition) is 1. The van der Waals surface area contributed by atoms with Gasteiger partial charge in [-0.2, -0.15) is 0 Å². The third-order valence-electron chi connectivity index (χ3n) is 6.67. The molecule has 40 heavy (non-hydrogen) atoms. The van der Waals surface area contributed by atoms with Crippen LogP contribution >= 0.6 is 0 Å². The number of unbranched alkanes of at least 4 members (excludes halogenated alkanes) is 6. The fourth-order valence-corrected chi connectivity index (χ4v) is 4.45. The molecule has 0 saturated carbocycles. The predicted octanol–water partition coefficient (Wildman–Crippen LogP) is 9.92. The van der Waals surface area contributed by atoms with E-state index < -0.39 is 5.82 Å². The highest BCUT2D eigenvalue weighted by Crippen LogP contribution is 2.28. The highest BCUT2D eigenvalue weighted by atomic mass is 19.2. The van der Waals surface area contributed by atoms with E-state index in [-0.39, 0.29) is 11.6 Å². The summed E-state index contributed by atoms with van der Waals surface area (Å²) in [6.07, 6.45) is 7.15. The van der Waals surface area contributed by atoms with Crippen LogP contribution in [-0.2, 0) is 0 Å². The number of halogens is 4. The standard InChI is InChI=1S/C33H33F4NO2/c34-26-12-8-24(9-13-26)30-18-16-28(22-32(30)35)39-20-6-4-2-1-3-5-7-21-40-29-17-19-31(33(36)23-29)25-10-14-27(38-37)15-11-25/h8-19,22-23,38H,1-7,20-21H2. The summed E-state index contributed by atoms with van der Waals surface area (Å²) in [5, 5.41) is 0. The molecular weight excluding hydrogens is 518 g/mol. The minimum absolute atomic E-state index is 0.318. The normalized spacial score (nSPS) is 10.9. The number of hydrogen-bond acceptors (Lipinski definition) is 3. The van der Waals surface area contributed by atoms with E-state index in [0.29, 0.717) is 52.7 Å². The van der Waals surface area contributed by atoms with Crippen LogP contribution < -0.4 is 15.0 Å². The lowest BCUT2D eigenvalue weighted by Gasteiger charge is -2.10. The second-order valence-corrected chi connectivity index (χ2v) is 9.63. The first-order valence-electron chi connectivity index (χ1n) is 13.6. The van der Waals surface area contributed by atoms with Gasteiger partial charge in [-0.15, -0.1) is 4.48 Å². The first-order chi connectivity index (χ1) is 19.5. The lowest BCUT2D eigenvalue weighted by Crippen LogP contribution is -1.99. The molecule has 4 aromatic carbocycles. The molecule has 1 N–H and O–H groups in total. The Kier molecular flexibility index (Phi) is 10.8. The number of nitrogens with one attached hydrogen (secondary N) is 1. The summed E-state index contributed by atoms with van der Waals surface area (Å²) < 4.78 is 65.9. The van der Waals surface area contributed by atoms with Crippen LogP contribution in [0, 0.1) is 17.5 Å². The van der Waals surface area contributed by atoms with Gasteiger partial charge in [0.2, 0.25) is 0 Å². The van der Waals surface area contributed by atoms with Crippen LogP contribution in [0.15, 0.2) is 84.9 Å². The Morgan fingerprint density at radius 3 is 1.35 bits per heavy atom. The lowest BCUT2D eigenvalue weighted by atomic mass is 10.0. The van der Waals surface area contributed by atoms with Crippen LogP contribution in [0.1, 0.15) is 44.9 Å². The zero-order valence-corrected chi connectivity index (χ0v) is 22.3. The van der Waals surface area contributed by atoms with Gasteiger partial charge in [-0.1, -0.05) is 56.4 Å². The topological polar surface area (TPSA) is 30.5 Å². The molecule has 0 aromatic heterocycles. The van der Waals surface area contributed by atoms with E-state index in [4.69, 9.17) is 9.47 Å². The van der Waals surface area contributed by atoms with Gasteiger partial charge in [-0.3, -0.25) is 0 Å². The molecule has 0 bridgehead atoms. The molecule has 210 valence electrons. The highest BCUT2D eigenvalue weighted by molar-refractivity contribution is 5.67. The molecule has 0 saturated heterocycles. The Bertz CT molecular complexity index is 1340. The summed E-state index contributed by atoms with van der Waals surface area (Å²) in [6, 6.07) is 21.7. The van der Waals surface area contributed by atoms with Gasteiger partial charge in [-0.05, 0) is 72.5 Å². The van der Waals surface area contributed by atoms with Crippen molar-refractivity contribution in [1.29, 1.82) is 0 Å². The number of rotatable bonds is 15. The lowest BCUT2D eigenvalue weighted by molar-refractivity contribution is 0.298. The first-order valence-corrected chi connectivity index (χ1v) is 13.6. The van der Waals surface area contributed by atoms with Gasteiger partial charge >= 0.3 is 0 Å². The molecule has 0 aliphatic heterocycles. The van der Waals surface area contributed by atoms with Crippen molar-refractivity contribution in [2.45, 2.75) is 44.9 Å². The van der Waals surface area contributed by atoms with Gasteiger partial charge in [0.25, 0.3) is 0 Å². The minimum atomic E-state index is -0.394. The maximum Gasteiger partial charge on any atom is 0.134 e. The number of benzene rings is 4. The quantitative estimate of drug-likeness (QED) is 0.0906. The van der Waals surface area contributed by atoms with E-state index in [2.05, 4.69) is 0 Å². The average Bonchev–Trinajstić information content (AvgIpc) is 2.97. The molecule has 0 atom stereocenters. The molecule has 0 fully saturated rings. The van der Waals surface area contributed by atoms with Crippen molar-refractivity contribution in [2.75, 3.05) is 18.8 Å². The SMILES string of the molecule is FNc1ccc(-c2ccc(OCCCCCCCCCOc3ccc(-c4ccc(F)cc4)c(F)c3)cc2F)cc1. The number of ether oxygens (including phenoxy) is 2. The summed E-state index contributed by atoms with van der Waals surface area (Å²) in [5.74, 6) is -0.145. The van der Waals surface area contributed by atoms with Crippen LogP contribution in [0.3, 0.4) is 0 Å². The molecule has 3 nitrogen and oxygen atoms in total. The van der Waals surface area contributed by atoms with E-state index in [1.165, 1.54) is 24.3 Å².